The minimum Gasteiger partial charge on any atom is -0.494 e. The van der Waals surface area contributed by atoms with Gasteiger partial charge in [0.25, 0.3) is 0 Å². The minimum atomic E-state index is -3.60. The summed E-state index contributed by atoms with van der Waals surface area (Å²) >= 11 is 0. The number of sulfonamides is 1. The SMILES string of the molecule is CCCCOc1ccc(S(=O)(=O)NCCNc2cc(-n3nc(C)cc3C)ncn2)cc1. The van der Waals surface area contributed by atoms with E-state index in [1.807, 2.05) is 19.9 Å². The summed E-state index contributed by atoms with van der Waals surface area (Å²) in [7, 11) is -3.60. The molecule has 0 amide bonds. The van der Waals surface area contributed by atoms with E-state index in [-0.39, 0.29) is 11.4 Å². The first-order chi connectivity index (χ1) is 14.9. The molecule has 2 aromatic heterocycles. The molecule has 0 unspecified atom stereocenters. The lowest BCUT2D eigenvalue weighted by molar-refractivity contribution is 0.309. The lowest BCUT2D eigenvalue weighted by Gasteiger charge is -2.10. The molecule has 0 radical (unpaired) electrons. The first kappa shape index (κ1) is 22.7. The maximum atomic E-state index is 12.5. The molecular weight excluding hydrogens is 416 g/mol. The Morgan fingerprint density at radius 2 is 1.84 bits per heavy atom. The summed E-state index contributed by atoms with van der Waals surface area (Å²) in [5.74, 6) is 1.89. The molecule has 0 atom stereocenters. The minimum absolute atomic E-state index is 0.198. The quantitative estimate of drug-likeness (QED) is 0.438. The van der Waals surface area contributed by atoms with Crippen molar-refractivity contribution in [2.24, 2.45) is 0 Å². The first-order valence-corrected chi connectivity index (χ1v) is 11.7. The molecule has 0 bridgehead atoms. The average molecular weight is 445 g/mol. The van der Waals surface area contributed by atoms with Crippen molar-refractivity contribution in [3.05, 3.63) is 54.1 Å². The number of nitrogens with one attached hydrogen (secondary N) is 2. The van der Waals surface area contributed by atoms with Crippen LogP contribution in [-0.2, 0) is 10.0 Å². The monoisotopic (exact) mass is 444 g/mol. The van der Waals surface area contributed by atoms with Crippen LogP contribution in [0, 0.1) is 13.8 Å². The zero-order valence-corrected chi connectivity index (χ0v) is 18.8. The van der Waals surface area contributed by atoms with Gasteiger partial charge in [0.15, 0.2) is 5.82 Å². The molecule has 10 heteroatoms. The molecule has 0 aliphatic rings. The molecule has 2 N–H and O–H groups in total. The Hall–Kier alpha value is -2.98. The van der Waals surface area contributed by atoms with Crippen LogP contribution >= 0.6 is 0 Å². The van der Waals surface area contributed by atoms with E-state index in [2.05, 4.69) is 32.0 Å². The van der Waals surface area contributed by atoms with Crippen LogP contribution in [0.5, 0.6) is 5.75 Å². The molecular formula is C21H28N6O3S. The predicted octanol–water partition coefficient (Wildman–Crippen LogP) is 2.85. The van der Waals surface area contributed by atoms with Gasteiger partial charge in [-0.05, 0) is 50.6 Å². The van der Waals surface area contributed by atoms with Gasteiger partial charge in [-0.2, -0.15) is 5.10 Å². The third-order valence-electron chi connectivity index (χ3n) is 4.50. The van der Waals surface area contributed by atoms with Crippen molar-refractivity contribution in [3.8, 4) is 11.6 Å². The smallest absolute Gasteiger partial charge is 0.240 e. The number of aromatic nitrogens is 4. The van der Waals surface area contributed by atoms with Gasteiger partial charge in [0, 0.05) is 24.8 Å². The molecule has 2 heterocycles. The number of benzene rings is 1. The molecule has 9 nitrogen and oxygen atoms in total. The molecule has 0 spiro atoms. The highest BCUT2D eigenvalue weighted by molar-refractivity contribution is 7.89. The summed E-state index contributed by atoms with van der Waals surface area (Å²) in [5.41, 5.74) is 1.87. The van der Waals surface area contributed by atoms with Crippen molar-refractivity contribution in [1.82, 2.24) is 24.5 Å². The molecule has 31 heavy (non-hydrogen) atoms. The Kier molecular flexibility index (Phi) is 7.59. The van der Waals surface area contributed by atoms with E-state index < -0.39 is 10.0 Å². The third kappa shape index (κ3) is 6.25. The van der Waals surface area contributed by atoms with Crippen molar-refractivity contribution in [2.75, 3.05) is 25.0 Å². The fourth-order valence-electron chi connectivity index (χ4n) is 2.93. The highest BCUT2D eigenvalue weighted by Crippen LogP contribution is 2.16. The van der Waals surface area contributed by atoms with E-state index in [9.17, 15) is 8.42 Å². The molecule has 0 fully saturated rings. The summed E-state index contributed by atoms with van der Waals surface area (Å²) in [5, 5.41) is 7.51. The number of hydrogen-bond acceptors (Lipinski definition) is 7. The van der Waals surface area contributed by atoms with Gasteiger partial charge in [-0.3, -0.25) is 0 Å². The molecule has 166 valence electrons. The number of rotatable bonds is 11. The first-order valence-electron chi connectivity index (χ1n) is 10.2. The summed E-state index contributed by atoms with van der Waals surface area (Å²) in [4.78, 5) is 8.63. The van der Waals surface area contributed by atoms with Gasteiger partial charge in [0.05, 0.1) is 17.2 Å². The lowest BCUT2D eigenvalue weighted by atomic mass is 10.3. The average Bonchev–Trinajstić information content (AvgIpc) is 3.10. The Balaban J connectivity index is 1.52. The predicted molar refractivity (Wildman–Crippen MR) is 119 cm³/mol. The maximum absolute atomic E-state index is 12.5. The van der Waals surface area contributed by atoms with E-state index in [1.165, 1.54) is 6.33 Å². The molecule has 0 aliphatic heterocycles. The van der Waals surface area contributed by atoms with Gasteiger partial charge < -0.3 is 10.1 Å². The molecule has 0 aliphatic carbocycles. The number of anilines is 1. The maximum Gasteiger partial charge on any atom is 0.240 e. The number of unbranched alkanes of at least 4 members (excludes halogenated alkanes) is 1. The second-order valence-electron chi connectivity index (χ2n) is 7.10. The Labute approximate surface area is 182 Å². The zero-order chi connectivity index (χ0) is 22.3. The molecule has 3 aromatic rings. The van der Waals surface area contributed by atoms with E-state index in [0.717, 1.165) is 24.2 Å². The Bertz CT molecular complexity index is 1100. The normalized spacial score (nSPS) is 11.5. The van der Waals surface area contributed by atoms with Gasteiger partial charge in [-0.1, -0.05) is 13.3 Å². The molecule has 0 saturated carbocycles. The summed E-state index contributed by atoms with van der Waals surface area (Å²) < 4.78 is 34.8. The summed E-state index contributed by atoms with van der Waals surface area (Å²) in [6, 6.07) is 10.2. The van der Waals surface area contributed by atoms with Crippen LogP contribution in [0.1, 0.15) is 31.2 Å². The Morgan fingerprint density at radius 3 is 2.52 bits per heavy atom. The van der Waals surface area contributed by atoms with Crippen LogP contribution < -0.4 is 14.8 Å². The molecule has 1 aromatic carbocycles. The van der Waals surface area contributed by atoms with Crippen molar-refractivity contribution in [3.63, 3.8) is 0 Å². The van der Waals surface area contributed by atoms with Gasteiger partial charge in [0.2, 0.25) is 10.0 Å². The van der Waals surface area contributed by atoms with Crippen LogP contribution in [0.15, 0.2) is 47.6 Å². The van der Waals surface area contributed by atoms with Crippen LogP contribution in [0.4, 0.5) is 5.82 Å². The van der Waals surface area contributed by atoms with Crippen LogP contribution in [0.2, 0.25) is 0 Å². The van der Waals surface area contributed by atoms with Crippen LogP contribution in [0.3, 0.4) is 0 Å². The number of aryl methyl sites for hydroxylation is 2. The highest BCUT2D eigenvalue weighted by atomic mass is 32.2. The molecule has 0 saturated heterocycles. The van der Waals surface area contributed by atoms with E-state index >= 15 is 0 Å². The van der Waals surface area contributed by atoms with Gasteiger partial charge in [-0.15, -0.1) is 0 Å². The van der Waals surface area contributed by atoms with Crippen molar-refractivity contribution in [2.45, 2.75) is 38.5 Å². The van der Waals surface area contributed by atoms with Crippen molar-refractivity contribution in [1.29, 1.82) is 0 Å². The molecule has 3 rings (SSSR count). The van der Waals surface area contributed by atoms with E-state index in [4.69, 9.17) is 4.74 Å². The highest BCUT2D eigenvalue weighted by Gasteiger charge is 2.13. The second kappa shape index (κ2) is 10.4. The van der Waals surface area contributed by atoms with Crippen molar-refractivity contribution < 1.29 is 13.2 Å². The third-order valence-corrected chi connectivity index (χ3v) is 5.98. The standard InChI is InChI=1S/C21H28N6O3S/c1-4-5-12-30-18-6-8-19(9-7-18)31(28,29)25-11-10-22-20-14-21(24-15-23-20)27-17(3)13-16(2)26-27/h6-9,13-15,25H,4-5,10-12H2,1-3H3,(H,22,23,24). The van der Waals surface area contributed by atoms with Crippen LogP contribution in [0.25, 0.3) is 5.82 Å². The fraction of sp³-hybridized carbons (Fsp3) is 0.381. The summed E-state index contributed by atoms with van der Waals surface area (Å²) in [6.45, 7) is 7.15. The summed E-state index contributed by atoms with van der Waals surface area (Å²) in [6.07, 6.45) is 3.45. The topological polar surface area (TPSA) is 111 Å². The van der Waals surface area contributed by atoms with E-state index in [1.54, 1.807) is 35.0 Å². The number of ether oxygens (including phenoxy) is 1. The van der Waals surface area contributed by atoms with Gasteiger partial charge in [-0.25, -0.2) is 27.8 Å². The fourth-order valence-corrected chi connectivity index (χ4v) is 3.96. The number of nitrogens with zero attached hydrogens (tertiary/aromatic N) is 4. The van der Waals surface area contributed by atoms with E-state index in [0.29, 0.717) is 30.5 Å². The second-order valence-corrected chi connectivity index (χ2v) is 8.87. The number of hydrogen-bond donors (Lipinski definition) is 2. The van der Waals surface area contributed by atoms with Gasteiger partial charge >= 0.3 is 0 Å². The Morgan fingerprint density at radius 1 is 1.06 bits per heavy atom. The zero-order valence-electron chi connectivity index (χ0n) is 18.0. The van der Waals surface area contributed by atoms with Gasteiger partial charge in [0.1, 0.15) is 17.9 Å². The lowest BCUT2D eigenvalue weighted by Crippen LogP contribution is -2.29. The largest absolute Gasteiger partial charge is 0.494 e. The van der Waals surface area contributed by atoms with Crippen molar-refractivity contribution >= 4 is 15.8 Å². The van der Waals surface area contributed by atoms with Crippen LogP contribution in [-0.4, -0.2) is 47.9 Å².